The first-order valence-corrected chi connectivity index (χ1v) is 12.2. The van der Waals surface area contributed by atoms with Crippen LogP contribution in [0.1, 0.15) is 38.3 Å². The second-order valence-electron chi connectivity index (χ2n) is 8.36. The molecule has 1 atom stereocenters. The molecule has 0 aromatic heterocycles. The lowest BCUT2D eigenvalue weighted by Crippen LogP contribution is -2.49. The number of carbonyl (C=O) groups excluding carboxylic acids is 2. The molecule has 3 rings (SSSR count). The fourth-order valence-corrected chi connectivity index (χ4v) is 5.03. The van der Waals surface area contributed by atoms with Gasteiger partial charge in [-0.2, -0.15) is 24.9 Å². The van der Waals surface area contributed by atoms with E-state index < -0.39 is 30.3 Å². The number of carbonyl (C=O) groups is 2. The number of Topliss-reactive ketones (excluding diaryl/α,β-unsaturated/α-hetero) is 1. The van der Waals surface area contributed by atoms with Crippen LogP contribution in [0.5, 0.6) is 0 Å². The molecule has 0 radical (unpaired) electrons. The Kier molecular flexibility index (Phi) is 7.99. The third-order valence-electron chi connectivity index (χ3n) is 5.68. The fourth-order valence-electron chi connectivity index (χ4n) is 3.86. The molecule has 1 unspecified atom stereocenters. The Hall–Kier alpha value is -2.10. The number of aryl methyl sites for hydroxylation is 1. The summed E-state index contributed by atoms with van der Waals surface area (Å²) in [6.45, 7) is 0.582. The van der Waals surface area contributed by atoms with E-state index in [1.54, 1.807) is 18.7 Å². The van der Waals surface area contributed by atoms with Crippen molar-refractivity contribution < 1.29 is 27.5 Å². The molecule has 1 aliphatic rings. The third kappa shape index (κ3) is 5.75. The molecule has 5 nitrogen and oxygen atoms in total. The van der Waals surface area contributed by atoms with Crippen LogP contribution in [0.25, 0.3) is 0 Å². The summed E-state index contributed by atoms with van der Waals surface area (Å²) in [5.41, 5.74) is -2.42. The van der Waals surface area contributed by atoms with Gasteiger partial charge in [0.25, 0.3) is 5.91 Å². The number of benzene rings is 2. The summed E-state index contributed by atoms with van der Waals surface area (Å²) in [6, 6.07) is 7.62. The van der Waals surface area contributed by atoms with E-state index in [1.165, 1.54) is 24.3 Å². The zero-order valence-electron chi connectivity index (χ0n) is 18.3. The molecule has 2 aromatic rings. The van der Waals surface area contributed by atoms with Gasteiger partial charge in [-0.3, -0.25) is 9.59 Å². The maximum Gasteiger partial charge on any atom is 0.405 e. The fraction of sp³-hybridized carbons (Fsp3) is 0.391. The molecule has 1 heterocycles. The molecule has 1 saturated heterocycles. The number of likely N-dealkylation sites (N-methyl/N-ethyl adjacent to an activating group) is 1. The standard InChI is InChI=1S/C23H21Cl2F3N2O3S/c1-13-5-14(3-4-19(13)21(32)29-18-10-34-11-18)20(31)9-22(12-30(2)33,23(26,27)28)15-6-16(24)8-17(25)7-15/h3-8,18H,9-12H2,1-2H3/p+1. The number of nitrogens with zero attached hydrogens (tertiary/aromatic N) is 1. The number of hydrogen-bond donors (Lipinski definition) is 1. The van der Waals surface area contributed by atoms with Crippen LogP contribution in [-0.2, 0) is 5.41 Å². The van der Waals surface area contributed by atoms with Crippen LogP contribution in [0.4, 0.5) is 13.2 Å². The highest BCUT2D eigenvalue weighted by molar-refractivity contribution is 8.00. The molecule has 182 valence electrons. The second kappa shape index (κ2) is 10.3. The molecule has 11 heteroatoms. The average Bonchev–Trinajstić information content (AvgIpc) is 2.67. The third-order valence-corrected chi connectivity index (χ3v) is 7.39. The van der Waals surface area contributed by atoms with Crippen molar-refractivity contribution in [3.05, 3.63) is 73.6 Å². The largest absolute Gasteiger partial charge is 0.405 e. The van der Waals surface area contributed by atoms with Gasteiger partial charge in [-0.15, -0.1) is 0 Å². The predicted octanol–water partition coefficient (Wildman–Crippen LogP) is 5.63. The summed E-state index contributed by atoms with van der Waals surface area (Å²) >= 11 is 13.6. The van der Waals surface area contributed by atoms with Crippen molar-refractivity contribution in [3.8, 4) is 0 Å². The predicted molar refractivity (Wildman–Crippen MR) is 127 cm³/mol. The zero-order valence-corrected chi connectivity index (χ0v) is 20.7. The normalized spacial score (nSPS) is 15.9. The summed E-state index contributed by atoms with van der Waals surface area (Å²) in [6.07, 6.45) is -6.00. The van der Waals surface area contributed by atoms with Gasteiger partial charge in [-0.25, -0.2) is 0 Å². The number of thioether (sulfide) groups is 1. The topological polar surface area (TPSA) is 66.2 Å². The van der Waals surface area contributed by atoms with E-state index in [1.807, 2.05) is 0 Å². The van der Waals surface area contributed by atoms with Crippen LogP contribution >= 0.6 is 35.0 Å². The Morgan fingerprint density at radius 2 is 1.74 bits per heavy atom. The summed E-state index contributed by atoms with van der Waals surface area (Å²) < 4.78 is 43.7. The molecule has 0 bridgehead atoms. The maximum atomic E-state index is 14.5. The van der Waals surface area contributed by atoms with Gasteiger partial charge in [0.15, 0.2) is 18.2 Å². The van der Waals surface area contributed by atoms with Crippen molar-refractivity contribution in [1.29, 1.82) is 0 Å². The Balaban J connectivity index is 1.97. The van der Waals surface area contributed by atoms with Crippen molar-refractivity contribution >= 4 is 46.7 Å². The first-order valence-electron chi connectivity index (χ1n) is 10.3. The maximum absolute atomic E-state index is 14.5. The molecule has 0 aliphatic carbocycles. The van der Waals surface area contributed by atoms with Crippen molar-refractivity contribution in [3.63, 3.8) is 0 Å². The molecule has 1 amide bonds. The van der Waals surface area contributed by atoms with Gasteiger partial charge in [0.2, 0.25) is 6.54 Å². The van der Waals surface area contributed by atoms with E-state index in [2.05, 4.69) is 5.32 Å². The smallest absolute Gasteiger partial charge is 0.348 e. The average molecular weight is 534 g/mol. The van der Waals surface area contributed by atoms with Gasteiger partial charge in [-0.05, 0) is 53.1 Å². The molecule has 1 N–H and O–H groups in total. The minimum Gasteiger partial charge on any atom is -0.348 e. The van der Waals surface area contributed by atoms with E-state index in [-0.39, 0.29) is 37.9 Å². The second-order valence-corrected chi connectivity index (χ2v) is 10.3. The van der Waals surface area contributed by atoms with Crippen molar-refractivity contribution in [2.24, 2.45) is 0 Å². The molecular formula is C23H22Cl2F3N2O3S+. The number of halogens is 5. The monoisotopic (exact) mass is 533 g/mol. The molecule has 0 spiro atoms. The van der Waals surface area contributed by atoms with Crippen molar-refractivity contribution in [1.82, 2.24) is 5.32 Å². The summed E-state index contributed by atoms with van der Waals surface area (Å²) in [4.78, 5) is 37.4. The van der Waals surface area contributed by atoms with E-state index in [4.69, 9.17) is 23.2 Å². The lowest BCUT2D eigenvalue weighted by molar-refractivity contribution is -0.537. The highest BCUT2D eigenvalue weighted by Gasteiger charge is 2.60. The summed E-state index contributed by atoms with van der Waals surface area (Å²) in [5, 5.41) is 2.78. The van der Waals surface area contributed by atoms with E-state index >= 15 is 0 Å². The van der Waals surface area contributed by atoms with Crippen LogP contribution in [0, 0.1) is 11.8 Å². The van der Waals surface area contributed by atoms with Crippen LogP contribution in [-0.4, -0.2) is 53.8 Å². The minimum absolute atomic E-state index is 0.00329. The number of ketones is 1. The number of nitrogens with one attached hydrogen (secondary N) is 1. The van der Waals surface area contributed by atoms with Crippen LogP contribution in [0.3, 0.4) is 0 Å². The van der Waals surface area contributed by atoms with Gasteiger partial charge >= 0.3 is 6.18 Å². The van der Waals surface area contributed by atoms with Crippen LogP contribution in [0.2, 0.25) is 10.0 Å². The van der Waals surface area contributed by atoms with E-state index in [0.717, 1.165) is 30.7 Å². The zero-order chi connectivity index (χ0) is 25.3. The Morgan fingerprint density at radius 3 is 2.21 bits per heavy atom. The molecular weight excluding hydrogens is 512 g/mol. The molecule has 0 saturated carbocycles. The van der Waals surface area contributed by atoms with E-state index in [0.29, 0.717) is 11.1 Å². The lowest BCUT2D eigenvalue weighted by atomic mass is 9.74. The van der Waals surface area contributed by atoms with Gasteiger partial charge in [0, 0.05) is 50.0 Å². The van der Waals surface area contributed by atoms with Gasteiger partial charge in [0.1, 0.15) is 0 Å². The molecule has 1 aliphatic heterocycles. The summed E-state index contributed by atoms with van der Waals surface area (Å²) in [7, 11) is 0.954. The van der Waals surface area contributed by atoms with Crippen molar-refractivity contribution in [2.75, 3.05) is 25.1 Å². The van der Waals surface area contributed by atoms with E-state index in [9.17, 15) is 27.7 Å². The summed E-state index contributed by atoms with van der Waals surface area (Å²) in [5.74, 6) is 0.513. The van der Waals surface area contributed by atoms with Gasteiger partial charge < -0.3 is 5.32 Å². The highest BCUT2D eigenvalue weighted by Crippen LogP contribution is 2.46. The number of hydrogen-bond acceptors (Lipinski definition) is 4. The molecule has 1 fully saturated rings. The molecule has 2 aromatic carbocycles. The van der Waals surface area contributed by atoms with Crippen LogP contribution in [0.15, 0.2) is 36.4 Å². The number of nitroso groups, excluding NO2 is 1. The Bertz CT molecular complexity index is 1120. The number of rotatable bonds is 8. The first-order chi connectivity index (χ1) is 15.8. The number of alkyl halides is 3. The lowest BCUT2D eigenvalue weighted by Gasteiger charge is -2.32. The highest BCUT2D eigenvalue weighted by atomic mass is 35.5. The van der Waals surface area contributed by atoms with Gasteiger partial charge in [-0.1, -0.05) is 29.3 Å². The van der Waals surface area contributed by atoms with Crippen molar-refractivity contribution in [2.45, 2.75) is 31.0 Å². The Labute approximate surface area is 209 Å². The van der Waals surface area contributed by atoms with Gasteiger partial charge in [0.05, 0.1) is 0 Å². The quantitative estimate of drug-likeness (QED) is 0.352. The van der Waals surface area contributed by atoms with Crippen LogP contribution < -0.4 is 5.32 Å². The Morgan fingerprint density at radius 1 is 1.12 bits per heavy atom. The SMILES string of the molecule is Cc1cc(C(=O)CC(C[N+](C)=O)(c2cc(Cl)cc(Cl)c2)C(F)(F)F)ccc1C(=O)NC1CSC1. The minimum atomic E-state index is -4.97. The molecule has 34 heavy (non-hydrogen) atoms. The number of amides is 1. The first kappa shape index (κ1) is 26.5.